The molecule has 0 radical (unpaired) electrons. The summed E-state index contributed by atoms with van der Waals surface area (Å²) in [6.45, 7) is 8.57. The highest BCUT2D eigenvalue weighted by atomic mass is 16.5. The molecule has 0 heterocycles. The Morgan fingerprint density at radius 3 is 2.22 bits per heavy atom. The van der Waals surface area contributed by atoms with E-state index < -0.39 is 0 Å². The summed E-state index contributed by atoms with van der Waals surface area (Å²) in [5.41, 5.74) is 10.1. The van der Waals surface area contributed by atoms with Gasteiger partial charge >= 0.3 is 0 Å². The first-order valence-corrected chi connectivity index (χ1v) is 6.86. The van der Waals surface area contributed by atoms with Crippen molar-refractivity contribution in [1.29, 1.82) is 0 Å². The first-order valence-electron chi connectivity index (χ1n) is 6.86. The van der Waals surface area contributed by atoms with Crippen LogP contribution in [0.2, 0.25) is 0 Å². The van der Waals surface area contributed by atoms with Crippen LogP contribution in [0.3, 0.4) is 0 Å². The Kier molecular flexibility index (Phi) is 5.36. The zero-order valence-electron chi connectivity index (χ0n) is 12.4. The number of ether oxygens (including phenoxy) is 1. The van der Waals surface area contributed by atoms with Gasteiger partial charge in [0.05, 0.1) is 5.60 Å². The predicted molar refractivity (Wildman–Crippen MR) is 77.9 cm³/mol. The van der Waals surface area contributed by atoms with E-state index in [1.165, 1.54) is 16.7 Å². The molecule has 0 spiro atoms. The number of methoxy groups -OCH3 is 1. The average Bonchev–Trinajstić information content (AvgIpc) is 2.37. The minimum atomic E-state index is -0.196. The lowest BCUT2D eigenvalue weighted by Gasteiger charge is -2.36. The third kappa shape index (κ3) is 3.12. The molecule has 0 fully saturated rings. The van der Waals surface area contributed by atoms with Gasteiger partial charge in [-0.3, -0.25) is 0 Å². The van der Waals surface area contributed by atoms with E-state index in [-0.39, 0.29) is 11.6 Å². The summed E-state index contributed by atoms with van der Waals surface area (Å²) < 4.78 is 5.70. The van der Waals surface area contributed by atoms with Gasteiger partial charge in [0, 0.05) is 13.2 Å². The molecule has 18 heavy (non-hydrogen) atoms. The third-order valence-electron chi connectivity index (χ3n) is 4.31. The first kappa shape index (κ1) is 15.2. The second kappa shape index (κ2) is 6.35. The van der Waals surface area contributed by atoms with Gasteiger partial charge in [-0.2, -0.15) is 0 Å². The monoisotopic (exact) mass is 249 g/mol. The van der Waals surface area contributed by atoms with Crippen molar-refractivity contribution in [2.24, 2.45) is 5.73 Å². The molecule has 1 aromatic carbocycles. The van der Waals surface area contributed by atoms with E-state index in [9.17, 15) is 0 Å². The Balaban J connectivity index is 2.85. The molecule has 0 bridgehead atoms. The van der Waals surface area contributed by atoms with Crippen LogP contribution in [0.4, 0.5) is 0 Å². The van der Waals surface area contributed by atoms with Crippen molar-refractivity contribution in [2.75, 3.05) is 7.11 Å². The van der Waals surface area contributed by atoms with Crippen molar-refractivity contribution >= 4 is 0 Å². The lowest BCUT2D eigenvalue weighted by atomic mass is 9.84. The zero-order valence-corrected chi connectivity index (χ0v) is 12.4. The Labute approximate surface area is 112 Å². The van der Waals surface area contributed by atoms with Crippen molar-refractivity contribution in [3.8, 4) is 0 Å². The van der Waals surface area contributed by atoms with Crippen molar-refractivity contribution in [3.63, 3.8) is 0 Å². The van der Waals surface area contributed by atoms with Gasteiger partial charge in [0.15, 0.2) is 0 Å². The largest absolute Gasteiger partial charge is 0.377 e. The smallest absolute Gasteiger partial charge is 0.0826 e. The summed E-state index contributed by atoms with van der Waals surface area (Å²) in [6.07, 6.45) is 2.77. The van der Waals surface area contributed by atoms with Crippen LogP contribution < -0.4 is 5.73 Å². The van der Waals surface area contributed by atoms with Crippen LogP contribution >= 0.6 is 0 Å². The molecule has 1 atom stereocenters. The number of nitrogens with two attached hydrogens (primary N) is 1. The molecule has 1 unspecified atom stereocenters. The molecule has 102 valence electrons. The second-order valence-electron chi connectivity index (χ2n) is 5.21. The van der Waals surface area contributed by atoms with Crippen LogP contribution in [0.25, 0.3) is 0 Å². The summed E-state index contributed by atoms with van der Waals surface area (Å²) in [5.74, 6) is 0. The van der Waals surface area contributed by atoms with E-state index in [4.69, 9.17) is 10.5 Å². The molecule has 0 saturated heterocycles. The van der Waals surface area contributed by atoms with Crippen molar-refractivity contribution in [2.45, 2.75) is 58.6 Å². The lowest BCUT2D eigenvalue weighted by molar-refractivity contribution is -0.0374. The zero-order chi connectivity index (χ0) is 13.8. The molecule has 0 amide bonds. The molecular formula is C16H27NO. The van der Waals surface area contributed by atoms with Gasteiger partial charge in [0.25, 0.3) is 0 Å². The Hall–Kier alpha value is -0.860. The van der Waals surface area contributed by atoms with E-state index in [1.54, 1.807) is 7.11 Å². The van der Waals surface area contributed by atoms with Crippen molar-refractivity contribution in [3.05, 3.63) is 34.9 Å². The van der Waals surface area contributed by atoms with Gasteiger partial charge in [-0.25, -0.2) is 0 Å². The van der Waals surface area contributed by atoms with Crippen LogP contribution in [-0.4, -0.2) is 18.8 Å². The van der Waals surface area contributed by atoms with Gasteiger partial charge in [0.2, 0.25) is 0 Å². The highest BCUT2D eigenvalue weighted by Crippen LogP contribution is 2.25. The Bertz CT molecular complexity index is 374. The quantitative estimate of drug-likeness (QED) is 0.839. The minimum absolute atomic E-state index is 0.0413. The fraction of sp³-hybridized carbons (Fsp3) is 0.625. The molecule has 0 aromatic heterocycles. The van der Waals surface area contributed by atoms with E-state index >= 15 is 0 Å². The summed E-state index contributed by atoms with van der Waals surface area (Å²) >= 11 is 0. The van der Waals surface area contributed by atoms with Gasteiger partial charge in [0.1, 0.15) is 0 Å². The van der Waals surface area contributed by atoms with E-state index in [1.807, 2.05) is 0 Å². The molecule has 2 nitrogen and oxygen atoms in total. The molecule has 0 saturated carbocycles. The summed E-state index contributed by atoms with van der Waals surface area (Å²) in [7, 11) is 1.77. The number of rotatable bonds is 6. The van der Waals surface area contributed by atoms with Crippen molar-refractivity contribution < 1.29 is 4.74 Å². The van der Waals surface area contributed by atoms with Crippen LogP contribution in [0, 0.1) is 13.8 Å². The van der Waals surface area contributed by atoms with E-state index in [0.717, 1.165) is 19.3 Å². The Morgan fingerprint density at radius 1 is 1.17 bits per heavy atom. The molecule has 1 aromatic rings. The molecular weight excluding hydrogens is 222 g/mol. The third-order valence-corrected chi connectivity index (χ3v) is 4.31. The predicted octanol–water partition coefficient (Wildman–Crippen LogP) is 3.38. The second-order valence-corrected chi connectivity index (χ2v) is 5.21. The van der Waals surface area contributed by atoms with Crippen molar-refractivity contribution in [1.82, 2.24) is 0 Å². The topological polar surface area (TPSA) is 35.2 Å². The molecule has 0 aliphatic rings. The average molecular weight is 249 g/mol. The molecule has 2 N–H and O–H groups in total. The fourth-order valence-electron chi connectivity index (χ4n) is 2.58. The maximum Gasteiger partial charge on any atom is 0.0826 e. The molecule has 0 aliphatic carbocycles. The highest BCUT2D eigenvalue weighted by Gasteiger charge is 2.33. The maximum absolute atomic E-state index is 6.38. The minimum Gasteiger partial charge on any atom is -0.377 e. The van der Waals surface area contributed by atoms with Gasteiger partial charge in [-0.1, -0.05) is 32.0 Å². The molecule has 1 rings (SSSR count). The van der Waals surface area contributed by atoms with Crippen LogP contribution in [0.5, 0.6) is 0 Å². The van der Waals surface area contributed by atoms with Gasteiger partial charge in [-0.05, 0) is 49.8 Å². The van der Waals surface area contributed by atoms with Gasteiger partial charge < -0.3 is 10.5 Å². The van der Waals surface area contributed by atoms with Crippen LogP contribution in [0.1, 0.15) is 43.4 Å². The van der Waals surface area contributed by atoms with Gasteiger partial charge in [-0.15, -0.1) is 0 Å². The van der Waals surface area contributed by atoms with Crippen LogP contribution in [0.15, 0.2) is 18.2 Å². The summed E-state index contributed by atoms with van der Waals surface area (Å²) in [4.78, 5) is 0. The maximum atomic E-state index is 6.38. The number of hydrogen-bond donors (Lipinski definition) is 1. The lowest BCUT2D eigenvalue weighted by Crippen LogP contribution is -2.50. The normalized spacial score (nSPS) is 13.7. The number of aryl methyl sites for hydroxylation is 2. The summed E-state index contributed by atoms with van der Waals surface area (Å²) in [5, 5.41) is 0. The SMILES string of the molecule is CCC(CC)(OC)C(N)Cc1ccc(C)c(C)c1. The van der Waals surface area contributed by atoms with E-state index in [0.29, 0.717) is 0 Å². The Morgan fingerprint density at radius 2 is 1.78 bits per heavy atom. The fourth-order valence-corrected chi connectivity index (χ4v) is 2.58. The van der Waals surface area contributed by atoms with E-state index in [2.05, 4.69) is 45.9 Å². The molecule has 0 aliphatic heterocycles. The first-order chi connectivity index (χ1) is 8.49. The van der Waals surface area contributed by atoms with Crippen LogP contribution in [-0.2, 0) is 11.2 Å². The number of hydrogen-bond acceptors (Lipinski definition) is 2. The number of benzene rings is 1. The highest BCUT2D eigenvalue weighted by molar-refractivity contribution is 5.30. The molecule has 2 heteroatoms. The summed E-state index contributed by atoms with van der Waals surface area (Å²) in [6, 6.07) is 6.62. The standard InChI is InChI=1S/C16H27NO/c1-6-16(7-2,18-5)15(17)11-14-9-8-12(3)13(4)10-14/h8-10,15H,6-7,11,17H2,1-5H3.